The summed E-state index contributed by atoms with van der Waals surface area (Å²) in [5.74, 6) is -1.27. The van der Waals surface area contributed by atoms with E-state index in [0.29, 0.717) is 12.8 Å². The highest BCUT2D eigenvalue weighted by Gasteiger charge is 2.49. The molecule has 0 unspecified atom stereocenters. The Hall–Kier alpha value is -1.69. The van der Waals surface area contributed by atoms with Crippen molar-refractivity contribution in [3.8, 4) is 0 Å². The molecule has 94 valence electrons. The number of barbiturate groups is 1. The van der Waals surface area contributed by atoms with Crippen molar-refractivity contribution >= 4 is 17.8 Å². The number of imide groups is 2. The average Bonchev–Trinajstić information content (AvgIpc) is 2.25. The highest BCUT2D eigenvalue weighted by molar-refractivity contribution is 6.19. The minimum atomic E-state index is -1.34. The second-order valence-corrected chi connectivity index (χ2v) is 3.97. The van der Waals surface area contributed by atoms with Gasteiger partial charge in [0.05, 0.1) is 0 Å². The van der Waals surface area contributed by atoms with Gasteiger partial charge in [0, 0.05) is 6.61 Å². The van der Waals surface area contributed by atoms with Gasteiger partial charge in [0.2, 0.25) is 11.8 Å². The van der Waals surface area contributed by atoms with Gasteiger partial charge in [0.1, 0.15) is 5.41 Å². The van der Waals surface area contributed by atoms with Gasteiger partial charge in [-0.25, -0.2) is 4.79 Å². The number of urea groups is 1. The minimum absolute atomic E-state index is 0.00902. The number of carbonyl (C=O) groups excluding carboxylic acids is 3. The Morgan fingerprint density at radius 2 is 1.76 bits per heavy atom. The van der Waals surface area contributed by atoms with Crippen molar-refractivity contribution in [2.45, 2.75) is 25.7 Å². The number of amides is 4. The standard InChI is InChI=1S/C11H16N2O4/c1-2-3-4-5-11(6-7-14)8(15)12-10(17)13-9(11)16/h2,14H,1,3-7H2,(H2,12,13,15,16,17). The van der Waals surface area contributed by atoms with E-state index >= 15 is 0 Å². The molecule has 6 nitrogen and oxygen atoms in total. The molecule has 0 aromatic heterocycles. The van der Waals surface area contributed by atoms with Gasteiger partial charge < -0.3 is 5.11 Å². The van der Waals surface area contributed by atoms with E-state index in [2.05, 4.69) is 17.2 Å². The van der Waals surface area contributed by atoms with Crippen molar-refractivity contribution in [1.29, 1.82) is 0 Å². The highest BCUT2D eigenvalue weighted by Crippen LogP contribution is 2.31. The van der Waals surface area contributed by atoms with Gasteiger partial charge >= 0.3 is 6.03 Å². The molecule has 17 heavy (non-hydrogen) atoms. The largest absolute Gasteiger partial charge is 0.396 e. The predicted molar refractivity (Wildman–Crippen MR) is 59.9 cm³/mol. The van der Waals surface area contributed by atoms with Gasteiger partial charge in [-0.2, -0.15) is 0 Å². The fourth-order valence-electron chi connectivity index (χ4n) is 1.90. The summed E-state index contributed by atoms with van der Waals surface area (Å²) in [5, 5.41) is 13.1. The molecule has 3 N–H and O–H groups in total. The zero-order valence-corrected chi connectivity index (χ0v) is 9.49. The molecule has 0 radical (unpaired) electrons. The smallest absolute Gasteiger partial charge is 0.328 e. The topological polar surface area (TPSA) is 95.5 Å². The molecule has 1 aliphatic heterocycles. The molecule has 0 aromatic rings. The van der Waals surface area contributed by atoms with Crippen molar-refractivity contribution < 1.29 is 19.5 Å². The van der Waals surface area contributed by atoms with Crippen LogP contribution in [-0.2, 0) is 9.59 Å². The number of hydrogen-bond acceptors (Lipinski definition) is 4. The molecule has 4 amide bonds. The molecule has 1 heterocycles. The van der Waals surface area contributed by atoms with Crippen LogP contribution in [0.2, 0.25) is 0 Å². The van der Waals surface area contributed by atoms with E-state index in [1.807, 2.05) is 0 Å². The Labute approximate surface area is 99.1 Å². The van der Waals surface area contributed by atoms with Crippen LogP contribution in [0, 0.1) is 5.41 Å². The molecule has 0 spiro atoms. The number of allylic oxidation sites excluding steroid dienone is 1. The SMILES string of the molecule is C=CCCCC1(CCO)C(=O)NC(=O)NC1=O. The second kappa shape index (κ2) is 5.58. The lowest BCUT2D eigenvalue weighted by Gasteiger charge is -2.33. The maximum absolute atomic E-state index is 11.8. The second-order valence-electron chi connectivity index (χ2n) is 3.97. The fourth-order valence-corrected chi connectivity index (χ4v) is 1.90. The van der Waals surface area contributed by atoms with Crippen molar-refractivity contribution in [1.82, 2.24) is 10.6 Å². The molecule has 6 heteroatoms. The Bertz CT molecular complexity index is 331. The lowest BCUT2D eigenvalue weighted by molar-refractivity contribution is -0.146. The van der Waals surface area contributed by atoms with E-state index in [9.17, 15) is 14.4 Å². The third-order valence-corrected chi connectivity index (χ3v) is 2.87. The summed E-state index contributed by atoms with van der Waals surface area (Å²) in [4.78, 5) is 34.5. The molecule has 1 rings (SSSR count). The van der Waals surface area contributed by atoms with Crippen molar-refractivity contribution in [2.75, 3.05) is 6.61 Å². The van der Waals surface area contributed by atoms with Gasteiger partial charge in [-0.3, -0.25) is 20.2 Å². The van der Waals surface area contributed by atoms with E-state index in [1.165, 1.54) is 0 Å². The third-order valence-electron chi connectivity index (χ3n) is 2.87. The Morgan fingerprint density at radius 3 is 2.24 bits per heavy atom. The lowest BCUT2D eigenvalue weighted by atomic mass is 9.77. The lowest BCUT2D eigenvalue weighted by Crippen LogP contribution is -2.62. The molecule has 0 aromatic carbocycles. The van der Waals surface area contributed by atoms with Gasteiger partial charge in [-0.05, 0) is 25.7 Å². The minimum Gasteiger partial charge on any atom is -0.396 e. The van der Waals surface area contributed by atoms with E-state index in [4.69, 9.17) is 5.11 Å². The number of unbranched alkanes of at least 4 members (excludes halogenated alkanes) is 1. The normalized spacial score (nSPS) is 18.5. The van der Waals surface area contributed by atoms with Crippen LogP contribution in [0.3, 0.4) is 0 Å². The molecule has 1 fully saturated rings. The average molecular weight is 240 g/mol. The Balaban J connectivity index is 2.87. The highest BCUT2D eigenvalue weighted by atomic mass is 16.3. The zero-order chi connectivity index (χ0) is 12.9. The van der Waals surface area contributed by atoms with Gasteiger partial charge in [0.15, 0.2) is 0 Å². The van der Waals surface area contributed by atoms with Crippen LogP contribution < -0.4 is 10.6 Å². The molecule has 1 aliphatic rings. The summed E-state index contributed by atoms with van der Waals surface area (Å²) in [6.45, 7) is 3.27. The molecule has 0 bridgehead atoms. The van der Waals surface area contributed by atoms with Crippen LogP contribution in [-0.4, -0.2) is 29.6 Å². The number of carbonyl (C=O) groups is 3. The summed E-state index contributed by atoms with van der Waals surface area (Å²) < 4.78 is 0. The number of hydrogen-bond donors (Lipinski definition) is 3. The number of aliphatic hydroxyl groups excluding tert-OH is 1. The van der Waals surface area contributed by atoms with Crippen LogP contribution in [0.15, 0.2) is 12.7 Å². The maximum Gasteiger partial charge on any atom is 0.328 e. The summed E-state index contributed by atoms with van der Waals surface area (Å²) >= 11 is 0. The van der Waals surface area contributed by atoms with Crippen molar-refractivity contribution in [3.63, 3.8) is 0 Å². The van der Waals surface area contributed by atoms with Gasteiger partial charge in [0.25, 0.3) is 0 Å². The first-order valence-electron chi connectivity index (χ1n) is 5.45. The monoisotopic (exact) mass is 240 g/mol. The first-order chi connectivity index (χ1) is 8.06. The molecule has 0 saturated carbocycles. The van der Waals surface area contributed by atoms with E-state index in [-0.39, 0.29) is 19.4 Å². The van der Waals surface area contributed by atoms with E-state index in [1.54, 1.807) is 6.08 Å². The summed E-state index contributed by atoms with van der Waals surface area (Å²) in [5.41, 5.74) is -1.34. The summed E-state index contributed by atoms with van der Waals surface area (Å²) in [6.07, 6.45) is 3.25. The van der Waals surface area contributed by atoms with Crippen molar-refractivity contribution in [3.05, 3.63) is 12.7 Å². The predicted octanol–water partition coefficient (Wildman–Crippen LogP) is 0.0775. The maximum atomic E-state index is 11.8. The van der Waals surface area contributed by atoms with Crippen LogP contribution in [0.4, 0.5) is 4.79 Å². The summed E-state index contributed by atoms with van der Waals surface area (Å²) in [6, 6.07) is -0.808. The van der Waals surface area contributed by atoms with Crippen molar-refractivity contribution in [2.24, 2.45) is 5.41 Å². The number of rotatable bonds is 6. The van der Waals surface area contributed by atoms with Gasteiger partial charge in [-0.15, -0.1) is 6.58 Å². The number of nitrogens with one attached hydrogen (secondary N) is 2. The Morgan fingerprint density at radius 1 is 1.18 bits per heavy atom. The van der Waals surface area contributed by atoms with Crippen LogP contribution in [0.25, 0.3) is 0 Å². The van der Waals surface area contributed by atoms with E-state index < -0.39 is 23.3 Å². The first kappa shape index (κ1) is 13.4. The molecule has 0 atom stereocenters. The molecular formula is C11H16N2O4. The van der Waals surface area contributed by atoms with Gasteiger partial charge in [-0.1, -0.05) is 6.08 Å². The molecule has 0 aliphatic carbocycles. The fraction of sp³-hybridized carbons (Fsp3) is 0.545. The zero-order valence-electron chi connectivity index (χ0n) is 9.49. The first-order valence-corrected chi connectivity index (χ1v) is 5.45. The summed E-state index contributed by atoms with van der Waals surface area (Å²) in [7, 11) is 0. The third kappa shape index (κ3) is 2.71. The quantitative estimate of drug-likeness (QED) is 0.348. The van der Waals surface area contributed by atoms with E-state index in [0.717, 1.165) is 0 Å². The van der Waals surface area contributed by atoms with Crippen LogP contribution >= 0.6 is 0 Å². The Kier molecular flexibility index (Phi) is 4.39. The number of aliphatic hydroxyl groups is 1. The molecule has 1 saturated heterocycles. The molecular weight excluding hydrogens is 224 g/mol. The van der Waals surface area contributed by atoms with Crippen LogP contribution in [0.5, 0.6) is 0 Å². The van der Waals surface area contributed by atoms with Crippen LogP contribution in [0.1, 0.15) is 25.7 Å².